The molecule has 2 N–H and O–H groups in total. The minimum atomic E-state index is 0.398. The number of nitrogens with zero attached hydrogens (tertiary/aromatic N) is 2. The molecule has 0 atom stereocenters. The van der Waals surface area contributed by atoms with Gasteiger partial charge >= 0.3 is 0 Å². The highest BCUT2D eigenvalue weighted by Crippen LogP contribution is 2.26. The normalized spacial score (nSPS) is 17.2. The summed E-state index contributed by atoms with van der Waals surface area (Å²) in [7, 11) is 0. The molecule has 0 bridgehead atoms. The second-order valence-corrected chi connectivity index (χ2v) is 4.42. The number of rotatable bonds is 5. The van der Waals surface area contributed by atoms with E-state index in [0.717, 1.165) is 38.9 Å². The quantitative estimate of drug-likeness (QED) is 0.798. The van der Waals surface area contributed by atoms with Crippen molar-refractivity contribution in [3.8, 4) is 5.88 Å². The van der Waals surface area contributed by atoms with Gasteiger partial charge in [-0.3, -0.25) is 4.68 Å². The van der Waals surface area contributed by atoms with Gasteiger partial charge in [-0.05, 0) is 19.3 Å². The summed E-state index contributed by atoms with van der Waals surface area (Å²) in [5.41, 5.74) is 6.52. The van der Waals surface area contributed by atoms with Crippen LogP contribution in [0.3, 0.4) is 0 Å². The summed E-state index contributed by atoms with van der Waals surface area (Å²) in [6, 6.07) is 0.398. The third kappa shape index (κ3) is 3.12. The molecule has 0 aromatic carbocycles. The van der Waals surface area contributed by atoms with E-state index in [4.69, 9.17) is 15.2 Å². The van der Waals surface area contributed by atoms with E-state index in [1.165, 1.54) is 0 Å². The lowest BCUT2D eigenvalue weighted by atomic mass is 10.1. The predicted octanol–water partition coefficient (Wildman–Crippen LogP) is 2.00. The van der Waals surface area contributed by atoms with Gasteiger partial charge in [-0.25, -0.2) is 0 Å². The lowest BCUT2D eigenvalue weighted by Crippen LogP contribution is -2.20. The molecule has 0 radical (unpaired) electrons. The van der Waals surface area contributed by atoms with Crippen molar-refractivity contribution in [2.75, 3.05) is 25.6 Å². The Morgan fingerprint density at radius 1 is 1.53 bits per heavy atom. The Morgan fingerprint density at radius 2 is 2.29 bits per heavy atom. The maximum Gasteiger partial charge on any atom is 0.256 e. The van der Waals surface area contributed by atoms with Gasteiger partial charge in [0.2, 0.25) is 0 Å². The minimum absolute atomic E-state index is 0.398. The largest absolute Gasteiger partial charge is 0.475 e. The van der Waals surface area contributed by atoms with Crippen molar-refractivity contribution in [1.29, 1.82) is 0 Å². The molecule has 1 aromatic heterocycles. The molecule has 0 spiro atoms. The number of unbranched alkanes of at least 4 members (excludes halogenated alkanes) is 1. The van der Waals surface area contributed by atoms with Crippen LogP contribution in [0.2, 0.25) is 0 Å². The molecule has 5 heteroatoms. The van der Waals surface area contributed by atoms with E-state index >= 15 is 0 Å². The third-order valence-electron chi connectivity index (χ3n) is 3.03. The molecule has 1 aliphatic rings. The smallest absolute Gasteiger partial charge is 0.256 e. The van der Waals surface area contributed by atoms with Crippen LogP contribution in [0.15, 0.2) is 6.20 Å². The number of aromatic nitrogens is 2. The molecule has 0 saturated carbocycles. The highest BCUT2D eigenvalue weighted by molar-refractivity contribution is 5.45. The predicted molar refractivity (Wildman–Crippen MR) is 66.1 cm³/mol. The second-order valence-electron chi connectivity index (χ2n) is 4.42. The van der Waals surface area contributed by atoms with Crippen LogP contribution in [0.25, 0.3) is 0 Å². The molecule has 17 heavy (non-hydrogen) atoms. The van der Waals surface area contributed by atoms with Gasteiger partial charge in [0.15, 0.2) is 0 Å². The van der Waals surface area contributed by atoms with Crippen LogP contribution in [0.5, 0.6) is 5.88 Å². The Hall–Kier alpha value is -1.23. The average Bonchev–Trinajstić information content (AvgIpc) is 2.73. The molecule has 1 saturated heterocycles. The van der Waals surface area contributed by atoms with Crippen molar-refractivity contribution in [3.05, 3.63) is 6.20 Å². The molecule has 1 aliphatic heterocycles. The SMILES string of the molecule is CCCCOc1nn(C2CCOCC2)cc1N. The molecule has 5 nitrogen and oxygen atoms in total. The molecule has 0 amide bonds. The van der Waals surface area contributed by atoms with E-state index in [1.54, 1.807) is 0 Å². The van der Waals surface area contributed by atoms with Gasteiger partial charge in [0.1, 0.15) is 5.69 Å². The van der Waals surface area contributed by atoms with Crippen LogP contribution in [0.1, 0.15) is 38.6 Å². The maximum absolute atomic E-state index is 5.89. The first-order chi connectivity index (χ1) is 8.31. The Bertz CT molecular complexity index is 346. The molecule has 96 valence electrons. The summed E-state index contributed by atoms with van der Waals surface area (Å²) in [5, 5.41) is 4.42. The van der Waals surface area contributed by atoms with Gasteiger partial charge in [0, 0.05) is 13.2 Å². The number of hydrogen-bond donors (Lipinski definition) is 1. The summed E-state index contributed by atoms with van der Waals surface area (Å²) in [6.45, 7) is 4.42. The fourth-order valence-electron chi connectivity index (χ4n) is 1.95. The first-order valence-electron chi connectivity index (χ1n) is 6.36. The number of ether oxygens (including phenoxy) is 2. The monoisotopic (exact) mass is 239 g/mol. The summed E-state index contributed by atoms with van der Waals surface area (Å²) >= 11 is 0. The Labute approximate surface area is 102 Å². The van der Waals surface area contributed by atoms with Crippen LogP contribution >= 0.6 is 0 Å². The summed E-state index contributed by atoms with van der Waals surface area (Å²) in [5.74, 6) is 0.574. The molecule has 2 rings (SSSR count). The number of nitrogen functional groups attached to an aromatic ring is 1. The zero-order valence-corrected chi connectivity index (χ0v) is 10.4. The van der Waals surface area contributed by atoms with Crippen molar-refractivity contribution in [3.63, 3.8) is 0 Å². The molecule has 0 unspecified atom stereocenters. The van der Waals surface area contributed by atoms with E-state index in [1.807, 2.05) is 10.9 Å². The van der Waals surface area contributed by atoms with Crippen LogP contribution in [-0.2, 0) is 4.74 Å². The fraction of sp³-hybridized carbons (Fsp3) is 0.750. The minimum Gasteiger partial charge on any atom is -0.475 e. The molecule has 2 heterocycles. The summed E-state index contributed by atoms with van der Waals surface area (Å²) in [6.07, 6.45) is 6.01. The third-order valence-corrected chi connectivity index (χ3v) is 3.03. The number of anilines is 1. The molecule has 1 aromatic rings. The van der Waals surface area contributed by atoms with Crippen LogP contribution in [0, 0.1) is 0 Å². The van der Waals surface area contributed by atoms with Crippen LogP contribution < -0.4 is 10.5 Å². The van der Waals surface area contributed by atoms with Crippen LogP contribution in [-0.4, -0.2) is 29.6 Å². The molecular weight excluding hydrogens is 218 g/mol. The van der Waals surface area contributed by atoms with E-state index in [-0.39, 0.29) is 0 Å². The van der Waals surface area contributed by atoms with E-state index < -0.39 is 0 Å². The standard InChI is InChI=1S/C12H21N3O2/c1-2-3-6-17-12-11(13)9-15(14-12)10-4-7-16-8-5-10/h9-10H,2-8,13H2,1H3. The average molecular weight is 239 g/mol. The summed E-state index contributed by atoms with van der Waals surface area (Å²) in [4.78, 5) is 0. The molecule has 0 aliphatic carbocycles. The fourth-order valence-corrected chi connectivity index (χ4v) is 1.95. The number of hydrogen-bond acceptors (Lipinski definition) is 4. The van der Waals surface area contributed by atoms with Crippen molar-refractivity contribution in [1.82, 2.24) is 9.78 Å². The van der Waals surface area contributed by atoms with Crippen molar-refractivity contribution in [2.24, 2.45) is 0 Å². The molecular formula is C12H21N3O2. The van der Waals surface area contributed by atoms with Gasteiger partial charge in [-0.2, -0.15) is 0 Å². The zero-order valence-electron chi connectivity index (χ0n) is 10.4. The van der Waals surface area contributed by atoms with Crippen molar-refractivity contribution >= 4 is 5.69 Å². The van der Waals surface area contributed by atoms with Crippen LogP contribution in [0.4, 0.5) is 5.69 Å². The second kappa shape index (κ2) is 5.91. The lowest BCUT2D eigenvalue weighted by Gasteiger charge is -2.21. The Balaban J connectivity index is 1.96. The summed E-state index contributed by atoms with van der Waals surface area (Å²) < 4.78 is 12.8. The van der Waals surface area contributed by atoms with Gasteiger partial charge in [-0.15, -0.1) is 5.10 Å². The number of nitrogens with two attached hydrogens (primary N) is 1. The van der Waals surface area contributed by atoms with Gasteiger partial charge in [0.25, 0.3) is 5.88 Å². The topological polar surface area (TPSA) is 62.3 Å². The van der Waals surface area contributed by atoms with Gasteiger partial charge in [-0.1, -0.05) is 13.3 Å². The van der Waals surface area contributed by atoms with E-state index in [2.05, 4.69) is 12.0 Å². The highest BCUT2D eigenvalue weighted by atomic mass is 16.5. The van der Waals surface area contributed by atoms with E-state index in [9.17, 15) is 0 Å². The Morgan fingerprint density at radius 3 is 3.00 bits per heavy atom. The maximum atomic E-state index is 5.89. The lowest BCUT2D eigenvalue weighted by molar-refractivity contribution is 0.0658. The van der Waals surface area contributed by atoms with E-state index in [0.29, 0.717) is 24.2 Å². The highest BCUT2D eigenvalue weighted by Gasteiger charge is 2.18. The first kappa shape index (κ1) is 12.2. The van der Waals surface area contributed by atoms with Gasteiger partial charge in [0.05, 0.1) is 18.8 Å². The van der Waals surface area contributed by atoms with Gasteiger partial charge < -0.3 is 15.2 Å². The zero-order chi connectivity index (χ0) is 12.1. The molecule has 1 fully saturated rings. The van der Waals surface area contributed by atoms with Crippen molar-refractivity contribution in [2.45, 2.75) is 38.6 Å². The Kier molecular flexibility index (Phi) is 4.25. The first-order valence-corrected chi connectivity index (χ1v) is 6.36. The van der Waals surface area contributed by atoms with Crippen molar-refractivity contribution < 1.29 is 9.47 Å².